The molecule has 0 saturated carbocycles. The fraction of sp³-hybridized carbons (Fsp3) is 0.700. The van der Waals surface area contributed by atoms with Crippen molar-refractivity contribution < 1.29 is 4.79 Å². The molecule has 68 valence electrons. The Morgan fingerprint density at radius 3 is 2.83 bits per heavy atom. The molecule has 0 aromatic carbocycles. The van der Waals surface area contributed by atoms with Crippen LogP contribution in [0, 0.1) is 18.3 Å². The van der Waals surface area contributed by atoms with E-state index >= 15 is 0 Å². The molecule has 1 atom stereocenters. The van der Waals surface area contributed by atoms with Crippen molar-refractivity contribution in [1.29, 1.82) is 0 Å². The maximum Gasteiger partial charge on any atom is 0.149 e. The highest BCUT2D eigenvalue weighted by Gasteiger charge is 2.09. The summed E-state index contributed by atoms with van der Waals surface area (Å²) in [7, 11) is 0. The van der Waals surface area contributed by atoms with E-state index in [1.54, 1.807) is 0 Å². The van der Waals surface area contributed by atoms with Gasteiger partial charge in [0.2, 0.25) is 0 Å². The molecule has 0 aliphatic heterocycles. The third-order valence-electron chi connectivity index (χ3n) is 1.80. The van der Waals surface area contributed by atoms with E-state index in [0.717, 1.165) is 12.8 Å². The number of Topliss-reactive ketones (excluding diaryl/α,β-unsaturated/α-hetero) is 1. The maximum absolute atomic E-state index is 11.3. The van der Waals surface area contributed by atoms with Crippen molar-refractivity contribution in [3.8, 4) is 12.3 Å². The highest BCUT2D eigenvalue weighted by atomic mass is 16.1. The molecular weight excluding hydrogens is 150 g/mol. The van der Waals surface area contributed by atoms with Crippen molar-refractivity contribution in [2.24, 2.45) is 5.92 Å². The Hall–Kier alpha value is -0.810. The Bertz CT molecular complexity index is 169. The number of terminal acetylenes is 1. The van der Waals surface area contributed by atoms with Crippen LogP contribution in [0.4, 0.5) is 0 Å². The van der Waals surface area contributed by atoms with Crippen LogP contribution >= 0.6 is 0 Å². The van der Waals surface area contributed by atoms with Crippen LogP contribution in [0.1, 0.15) is 26.7 Å². The first kappa shape index (κ1) is 11.2. The molecule has 2 nitrogen and oxygen atoms in total. The van der Waals surface area contributed by atoms with Crippen LogP contribution in [0.2, 0.25) is 0 Å². The molecule has 0 heterocycles. The van der Waals surface area contributed by atoms with Crippen molar-refractivity contribution in [1.82, 2.24) is 5.32 Å². The minimum atomic E-state index is 0.167. The third kappa shape index (κ3) is 4.92. The first-order chi connectivity index (χ1) is 5.72. The molecule has 0 aliphatic carbocycles. The van der Waals surface area contributed by atoms with Crippen molar-refractivity contribution in [3.05, 3.63) is 0 Å². The third-order valence-corrected chi connectivity index (χ3v) is 1.80. The van der Waals surface area contributed by atoms with Gasteiger partial charge in [-0.2, -0.15) is 0 Å². The van der Waals surface area contributed by atoms with E-state index in [4.69, 9.17) is 6.42 Å². The topological polar surface area (TPSA) is 29.1 Å². The Kier molecular flexibility index (Phi) is 6.41. The largest absolute Gasteiger partial charge is 0.299 e. The van der Waals surface area contributed by atoms with Gasteiger partial charge in [-0.15, -0.1) is 6.42 Å². The van der Waals surface area contributed by atoms with Crippen LogP contribution < -0.4 is 5.32 Å². The lowest BCUT2D eigenvalue weighted by atomic mass is 10.0. The normalized spacial score (nSPS) is 12.1. The molecule has 0 aliphatic rings. The average molecular weight is 167 g/mol. The van der Waals surface area contributed by atoms with Crippen LogP contribution in [-0.2, 0) is 4.79 Å². The molecule has 0 aromatic heterocycles. The molecule has 0 radical (unpaired) electrons. The van der Waals surface area contributed by atoms with Crippen molar-refractivity contribution in [2.75, 3.05) is 13.1 Å². The second-order valence-electron chi connectivity index (χ2n) is 2.96. The summed E-state index contributed by atoms with van der Waals surface area (Å²) in [6, 6.07) is 0. The zero-order valence-corrected chi connectivity index (χ0v) is 7.89. The van der Waals surface area contributed by atoms with Crippen molar-refractivity contribution >= 4 is 5.78 Å². The molecule has 2 heteroatoms. The highest BCUT2D eigenvalue weighted by Crippen LogP contribution is 2.04. The molecule has 0 saturated heterocycles. The van der Waals surface area contributed by atoms with Crippen LogP contribution in [0.5, 0.6) is 0 Å². The van der Waals surface area contributed by atoms with E-state index in [-0.39, 0.29) is 11.7 Å². The number of carbonyl (C=O) groups is 1. The van der Waals surface area contributed by atoms with Gasteiger partial charge in [-0.1, -0.05) is 26.2 Å². The summed E-state index contributed by atoms with van der Waals surface area (Å²) < 4.78 is 0. The predicted octanol–water partition coefficient (Wildman–Crippen LogP) is 1.21. The molecule has 1 unspecified atom stereocenters. The van der Waals surface area contributed by atoms with Gasteiger partial charge in [0.15, 0.2) is 0 Å². The number of nitrogens with one attached hydrogen (secondary N) is 1. The molecule has 0 spiro atoms. The van der Waals surface area contributed by atoms with Crippen LogP contribution in [0.25, 0.3) is 0 Å². The summed E-state index contributed by atoms with van der Waals surface area (Å²) in [6.07, 6.45) is 7.05. The van der Waals surface area contributed by atoms with Gasteiger partial charge in [-0.05, 0) is 6.42 Å². The summed E-state index contributed by atoms with van der Waals surface area (Å²) in [6.45, 7) is 4.93. The summed E-state index contributed by atoms with van der Waals surface area (Å²) in [4.78, 5) is 11.3. The second-order valence-corrected chi connectivity index (χ2v) is 2.96. The molecule has 0 fully saturated rings. The molecule has 0 aromatic rings. The lowest BCUT2D eigenvalue weighted by molar-refractivity contribution is -0.121. The standard InChI is InChI=1S/C10H17NO/c1-4-6-9(3)10(12)8-11-7-5-2/h2,9,11H,4,6-8H2,1,3H3. The van der Waals surface area contributed by atoms with E-state index in [0.29, 0.717) is 13.1 Å². The van der Waals surface area contributed by atoms with Crippen LogP contribution in [-0.4, -0.2) is 18.9 Å². The van der Waals surface area contributed by atoms with E-state index < -0.39 is 0 Å². The quantitative estimate of drug-likeness (QED) is 0.476. The Morgan fingerprint density at radius 2 is 2.33 bits per heavy atom. The second kappa shape index (κ2) is 6.87. The van der Waals surface area contributed by atoms with Gasteiger partial charge in [0.1, 0.15) is 5.78 Å². The monoisotopic (exact) mass is 167 g/mol. The van der Waals surface area contributed by atoms with E-state index in [1.807, 2.05) is 6.92 Å². The van der Waals surface area contributed by atoms with E-state index in [1.165, 1.54) is 0 Å². The first-order valence-corrected chi connectivity index (χ1v) is 4.39. The van der Waals surface area contributed by atoms with E-state index in [2.05, 4.69) is 18.2 Å². The number of rotatable bonds is 6. The molecule has 0 amide bonds. The van der Waals surface area contributed by atoms with Crippen LogP contribution in [0.15, 0.2) is 0 Å². The SMILES string of the molecule is C#CCNCC(=O)C(C)CCC. The fourth-order valence-electron chi connectivity index (χ4n) is 1.03. The van der Waals surface area contributed by atoms with Gasteiger partial charge in [0.25, 0.3) is 0 Å². The smallest absolute Gasteiger partial charge is 0.149 e. The van der Waals surface area contributed by atoms with Gasteiger partial charge in [0, 0.05) is 5.92 Å². The molecule has 0 bridgehead atoms. The summed E-state index contributed by atoms with van der Waals surface area (Å²) in [5.74, 6) is 2.85. The molecule has 12 heavy (non-hydrogen) atoms. The van der Waals surface area contributed by atoms with Gasteiger partial charge in [0.05, 0.1) is 13.1 Å². The number of hydrogen-bond donors (Lipinski definition) is 1. The van der Waals surface area contributed by atoms with E-state index in [9.17, 15) is 4.79 Å². The number of carbonyl (C=O) groups excluding carboxylic acids is 1. The highest BCUT2D eigenvalue weighted by molar-refractivity contribution is 5.82. The fourth-order valence-corrected chi connectivity index (χ4v) is 1.03. The Labute approximate surface area is 74.7 Å². The first-order valence-electron chi connectivity index (χ1n) is 4.39. The van der Waals surface area contributed by atoms with Crippen LogP contribution in [0.3, 0.4) is 0 Å². The van der Waals surface area contributed by atoms with Gasteiger partial charge >= 0.3 is 0 Å². The van der Waals surface area contributed by atoms with Gasteiger partial charge in [-0.25, -0.2) is 0 Å². The van der Waals surface area contributed by atoms with Crippen molar-refractivity contribution in [2.45, 2.75) is 26.7 Å². The average Bonchev–Trinajstić information content (AvgIpc) is 2.05. The zero-order valence-electron chi connectivity index (χ0n) is 7.89. The number of ketones is 1. The molecule has 0 rings (SSSR count). The minimum absolute atomic E-state index is 0.167. The summed E-state index contributed by atoms with van der Waals surface area (Å²) in [5.41, 5.74) is 0. The molecular formula is C10H17NO. The number of hydrogen-bond acceptors (Lipinski definition) is 2. The Morgan fingerprint density at radius 1 is 1.67 bits per heavy atom. The predicted molar refractivity (Wildman–Crippen MR) is 50.8 cm³/mol. The summed E-state index contributed by atoms with van der Waals surface area (Å²) in [5, 5.41) is 2.89. The van der Waals surface area contributed by atoms with Crippen molar-refractivity contribution in [3.63, 3.8) is 0 Å². The van der Waals surface area contributed by atoms with Gasteiger partial charge in [-0.3, -0.25) is 10.1 Å². The molecule has 1 N–H and O–H groups in total. The Balaban J connectivity index is 3.51. The van der Waals surface area contributed by atoms with Gasteiger partial charge < -0.3 is 0 Å². The summed E-state index contributed by atoms with van der Waals surface area (Å²) >= 11 is 0. The lowest BCUT2D eigenvalue weighted by Gasteiger charge is -2.07. The maximum atomic E-state index is 11.3. The minimum Gasteiger partial charge on any atom is -0.299 e. The lowest BCUT2D eigenvalue weighted by Crippen LogP contribution is -2.27. The zero-order chi connectivity index (χ0) is 9.40.